The quantitative estimate of drug-likeness (QED) is 0.167. The highest BCUT2D eigenvalue weighted by atomic mass is 32.1. The summed E-state index contributed by atoms with van der Waals surface area (Å²) >= 11 is 0. The normalized spacial score (nSPS) is 20.4. The van der Waals surface area contributed by atoms with Crippen LogP contribution in [0.5, 0.6) is 0 Å². The standard InChI is InChI=1S/C13H18N2O4.C12H19N3O2.C7H15NO2.C5H3FN2O2.3H2S/c1-13(2,16)11-7-9(5-6-19-11)10-3-4-12(14-8-10)15(17)18;1-12(2,16)10-8-15(5-6-17-10)9-3-4-11(13)14-7-9;1-7(2,9)6-5-8-3-4-10-6;6-4-1-2-5(7-3-4)8(9)10;;;/h3-4,8-9,11,16H,5-7H2,1-2H3;3-4,7,10,16H,5-6,8H2,1-2H3,(H2,13,14);6,8-9H,3-5H2,1-2H3;1-3H;3*1H2/t9?,11-;10-;6-;;;;/m000..../s1. The minimum Gasteiger partial charge on any atom is -0.388 e. The number of nitro groups is 2. The van der Waals surface area contributed by atoms with Crippen LogP contribution in [0.3, 0.4) is 0 Å². The number of aliphatic hydroxyl groups is 3. The molecule has 1 unspecified atom stereocenters. The summed E-state index contributed by atoms with van der Waals surface area (Å²) in [6, 6.07) is 8.88. The van der Waals surface area contributed by atoms with Gasteiger partial charge in [-0.25, -0.2) is 9.37 Å². The molecular weight excluding hydrogens is 832 g/mol. The molecule has 0 saturated carbocycles. The molecule has 3 aromatic heterocycles. The number of aromatic nitrogens is 3. The van der Waals surface area contributed by atoms with Crippen LogP contribution in [0.2, 0.25) is 0 Å². The van der Waals surface area contributed by atoms with Crippen LogP contribution in [-0.2, 0) is 14.2 Å². The fourth-order valence-electron chi connectivity index (χ4n) is 5.73. The number of anilines is 2. The van der Waals surface area contributed by atoms with Crippen LogP contribution in [0.25, 0.3) is 0 Å². The topological polar surface area (TPSA) is 255 Å². The third kappa shape index (κ3) is 19.2. The number of nitrogen functional groups attached to an aromatic ring is 1. The molecule has 3 aromatic rings. The van der Waals surface area contributed by atoms with Gasteiger partial charge in [0.25, 0.3) is 0 Å². The molecule has 22 heteroatoms. The van der Waals surface area contributed by atoms with Crippen molar-refractivity contribution in [2.45, 2.75) is 95.4 Å². The van der Waals surface area contributed by atoms with E-state index in [2.05, 4.69) is 25.2 Å². The van der Waals surface area contributed by atoms with Gasteiger partial charge in [-0.3, -0.25) is 0 Å². The SMILES string of the molecule is CC(C)(O)[C@@H]1CC(c2ccc([N+](=O)[O-])nc2)CCO1.CC(C)(O)[C@@H]1CN(c2ccc(N)nc2)CCO1.CC(C)(O)[C@@H]1CNCCO1.O=[N+]([O-])c1ccc(F)cn1.S.S.S. The molecule has 6 rings (SSSR count). The zero-order chi connectivity index (χ0) is 41.7. The summed E-state index contributed by atoms with van der Waals surface area (Å²) in [6.45, 7) is 15.5. The molecule has 4 atom stereocenters. The first-order valence-corrected chi connectivity index (χ1v) is 18.2. The smallest absolute Gasteiger partial charge is 0.363 e. The van der Waals surface area contributed by atoms with Gasteiger partial charge in [0, 0.05) is 44.9 Å². The summed E-state index contributed by atoms with van der Waals surface area (Å²) in [4.78, 5) is 32.6. The summed E-state index contributed by atoms with van der Waals surface area (Å²) in [6.07, 6.45) is 5.18. The van der Waals surface area contributed by atoms with Crippen molar-refractivity contribution in [1.82, 2.24) is 20.3 Å². The van der Waals surface area contributed by atoms with E-state index in [4.69, 9.17) is 19.9 Å². The number of nitrogens with one attached hydrogen (secondary N) is 1. The van der Waals surface area contributed by atoms with Crippen LogP contribution in [0.1, 0.15) is 65.9 Å². The van der Waals surface area contributed by atoms with Crippen LogP contribution in [0.15, 0.2) is 55.0 Å². The Kier molecular flexibility index (Phi) is 23.9. The molecule has 3 aliphatic heterocycles. The lowest BCUT2D eigenvalue weighted by Gasteiger charge is -2.39. The molecule has 0 amide bonds. The molecule has 0 radical (unpaired) electrons. The van der Waals surface area contributed by atoms with E-state index in [0.29, 0.717) is 38.6 Å². The van der Waals surface area contributed by atoms with Gasteiger partial charge in [-0.05, 0) is 110 Å². The molecule has 59 heavy (non-hydrogen) atoms. The third-order valence-electron chi connectivity index (χ3n) is 9.11. The number of hydrogen-bond donors (Lipinski definition) is 5. The van der Waals surface area contributed by atoms with E-state index < -0.39 is 32.5 Å². The molecule has 6 heterocycles. The number of rotatable bonds is 7. The lowest BCUT2D eigenvalue weighted by atomic mass is 9.84. The van der Waals surface area contributed by atoms with Gasteiger partial charge in [0.2, 0.25) is 0 Å². The summed E-state index contributed by atoms with van der Waals surface area (Å²) < 4.78 is 28.6. The lowest BCUT2D eigenvalue weighted by molar-refractivity contribution is -0.389. The van der Waals surface area contributed by atoms with Crippen LogP contribution in [-0.4, -0.2) is 121 Å². The fourth-order valence-corrected chi connectivity index (χ4v) is 5.73. The summed E-state index contributed by atoms with van der Waals surface area (Å²) in [5, 5.41) is 53.1. The third-order valence-corrected chi connectivity index (χ3v) is 9.11. The maximum Gasteiger partial charge on any atom is 0.363 e. The minimum absolute atomic E-state index is 0. The van der Waals surface area contributed by atoms with Gasteiger partial charge < -0.3 is 65.7 Å². The average molecular weight is 893 g/mol. The Morgan fingerprint density at radius 3 is 1.76 bits per heavy atom. The van der Waals surface area contributed by atoms with E-state index in [1.807, 2.05) is 6.07 Å². The number of hydrogen-bond acceptors (Lipinski definition) is 16. The van der Waals surface area contributed by atoms with Gasteiger partial charge in [-0.15, -0.1) is 0 Å². The van der Waals surface area contributed by atoms with Crippen LogP contribution in [0.4, 0.5) is 27.5 Å². The molecule has 0 aliphatic carbocycles. The highest BCUT2D eigenvalue weighted by Gasteiger charge is 2.35. The monoisotopic (exact) mass is 892 g/mol. The summed E-state index contributed by atoms with van der Waals surface area (Å²) in [5.41, 5.74) is 5.10. The van der Waals surface area contributed by atoms with Crippen molar-refractivity contribution in [3.05, 3.63) is 86.6 Å². The predicted octanol–water partition coefficient (Wildman–Crippen LogP) is 3.88. The van der Waals surface area contributed by atoms with Crippen molar-refractivity contribution in [1.29, 1.82) is 0 Å². The van der Waals surface area contributed by atoms with Crippen molar-refractivity contribution in [3.63, 3.8) is 0 Å². The van der Waals surface area contributed by atoms with Gasteiger partial charge in [0.05, 0.1) is 54.1 Å². The molecule has 18 nitrogen and oxygen atoms in total. The van der Waals surface area contributed by atoms with Crippen molar-refractivity contribution in [3.8, 4) is 0 Å². The zero-order valence-corrected chi connectivity index (χ0v) is 37.2. The second-order valence-corrected chi connectivity index (χ2v) is 15.2. The Labute approximate surface area is 365 Å². The lowest BCUT2D eigenvalue weighted by Crippen LogP contribution is -2.52. The van der Waals surface area contributed by atoms with Gasteiger partial charge in [0.15, 0.2) is 12.0 Å². The van der Waals surface area contributed by atoms with Crippen molar-refractivity contribution in [2.75, 3.05) is 56.6 Å². The van der Waals surface area contributed by atoms with Gasteiger partial charge in [-0.1, -0.05) is 0 Å². The maximum absolute atomic E-state index is 12.1. The van der Waals surface area contributed by atoms with E-state index in [9.17, 15) is 39.9 Å². The van der Waals surface area contributed by atoms with E-state index in [1.54, 1.807) is 66.1 Å². The van der Waals surface area contributed by atoms with Crippen LogP contribution < -0.4 is 16.0 Å². The number of ether oxygens (including phenoxy) is 3. The molecule has 6 N–H and O–H groups in total. The van der Waals surface area contributed by atoms with E-state index >= 15 is 0 Å². The predicted molar refractivity (Wildman–Crippen MR) is 237 cm³/mol. The Bertz CT molecular complexity index is 1660. The highest BCUT2D eigenvalue weighted by molar-refractivity contribution is 7.59. The number of pyridine rings is 3. The number of halogens is 1. The van der Waals surface area contributed by atoms with E-state index in [1.165, 1.54) is 6.07 Å². The largest absolute Gasteiger partial charge is 0.388 e. The molecular formula is C37H61FN8O10S3. The summed E-state index contributed by atoms with van der Waals surface area (Å²) in [5.74, 6) is -0.332. The second-order valence-electron chi connectivity index (χ2n) is 15.2. The first kappa shape index (κ1) is 55.5. The van der Waals surface area contributed by atoms with Crippen LogP contribution >= 0.6 is 40.5 Å². The number of nitrogens with two attached hydrogens (primary N) is 1. The fraction of sp³-hybridized carbons (Fsp3) is 0.595. The number of nitrogens with zero attached hydrogens (tertiary/aromatic N) is 6. The van der Waals surface area contributed by atoms with Crippen molar-refractivity contribution in [2.24, 2.45) is 0 Å². The van der Waals surface area contributed by atoms with Gasteiger partial charge >= 0.3 is 11.6 Å². The molecule has 3 saturated heterocycles. The van der Waals surface area contributed by atoms with E-state index in [0.717, 1.165) is 55.6 Å². The Morgan fingerprint density at radius 1 is 0.763 bits per heavy atom. The average Bonchev–Trinajstić information content (AvgIpc) is 3.16. The molecule has 3 fully saturated rings. The first-order valence-electron chi connectivity index (χ1n) is 18.2. The molecule has 0 aromatic carbocycles. The minimum atomic E-state index is -0.882. The summed E-state index contributed by atoms with van der Waals surface area (Å²) in [7, 11) is 0. The highest BCUT2D eigenvalue weighted by Crippen LogP contribution is 2.34. The second kappa shape index (κ2) is 25.4. The van der Waals surface area contributed by atoms with Gasteiger partial charge in [-0.2, -0.15) is 40.5 Å². The Morgan fingerprint density at radius 2 is 1.32 bits per heavy atom. The van der Waals surface area contributed by atoms with Crippen molar-refractivity contribution >= 4 is 63.6 Å². The molecule has 0 bridgehead atoms. The van der Waals surface area contributed by atoms with Crippen molar-refractivity contribution < 1.29 is 43.8 Å². The van der Waals surface area contributed by atoms with Gasteiger partial charge in [0.1, 0.15) is 18.1 Å². The molecule has 334 valence electrons. The molecule has 0 spiro atoms. The maximum atomic E-state index is 12.1. The first-order chi connectivity index (χ1) is 26.1. The Hall–Kier alpha value is -3.45. The van der Waals surface area contributed by atoms with E-state index in [-0.39, 0.29) is 76.4 Å². The zero-order valence-electron chi connectivity index (χ0n) is 34.2. The molecule has 3 aliphatic rings. The Balaban J connectivity index is 0.000000775. The van der Waals surface area contributed by atoms with Crippen LogP contribution in [0, 0.1) is 26.0 Å². The number of morpholine rings is 2.